The number of alkyl halides is 1. The number of carbonyl (C=O) groups excluding carboxylic acids is 2. The van der Waals surface area contributed by atoms with E-state index in [9.17, 15) is 14.0 Å². The molecule has 3 fully saturated rings. The van der Waals surface area contributed by atoms with E-state index < -0.39 is 12.1 Å². The van der Waals surface area contributed by atoms with E-state index in [1.807, 2.05) is 18.7 Å². The first kappa shape index (κ1) is 23.5. The summed E-state index contributed by atoms with van der Waals surface area (Å²) in [6, 6.07) is -0.123. The van der Waals surface area contributed by atoms with Crippen LogP contribution in [-0.4, -0.2) is 77.9 Å². The minimum Gasteiger partial charge on any atom is -0.396 e. The number of piperazine rings is 1. The fourth-order valence-electron chi connectivity index (χ4n) is 5.83. The number of nitrogens with zero attached hydrogens (tertiary/aromatic N) is 2. The van der Waals surface area contributed by atoms with Gasteiger partial charge in [-0.15, -0.1) is 0 Å². The Morgan fingerprint density at radius 3 is 2.17 bits per heavy atom. The van der Waals surface area contributed by atoms with Crippen LogP contribution in [0.3, 0.4) is 0 Å². The van der Waals surface area contributed by atoms with Crippen LogP contribution in [0.5, 0.6) is 0 Å². The molecule has 2 aliphatic carbocycles. The maximum absolute atomic E-state index is 14.6. The van der Waals surface area contributed by atoms with Crippen molar-refractivity contribution in [3.05, 3.63) is 0 Å². The van der Waals surface area contributed by atoms with E-state index in [0.717, 1.165) is 38.5 Å². The Labute approximate surface area is 180 Å². The third-order valence-electron chi connectivity index (χ3n) is 7.59. The standard InChI is InChI=1S/C23H39FN2O4/c1-15-13-25(23(29)20-9-8-19(30-3)12-21(20)24)14-16(2)26(15)22(28)18-6-4-17(5-7-18)10-11-27/h15-21,27H,4-14H2,1-3H3/t15-,16-,17?,18?,19?,20?,21?/m1/s1. The second kappa shape index (κ2) is 10.4. The van der Waals surface area contributed by atoms with E-state index in [4.69, 9.17) is 9.84 Å². The third-order valence-corrected chi connectivity index (χ3v) is 7.59. The molecule has 5 atom stereocenters. The maximum Gasteiger partial charge on any atom is 0.228 e. The average Bonchev–Trinajstić information content (AvgIpc) is 2.73. The summed E-state index contributed by atoms with van der Waals surface area (Å²) >= 11 is 0. The Kier molecular flexibility index (Phi) is 8.13. The van der Waals surface area contributed by atoms with E-state index >= 15 is 0 Å². The van der Waals surface area contributed by atoms with Gasteiger partial charge in [0.15, 0.2) is 0 Å². The highest BCUT2D eigenvalue weighted by Gasteiger charge is 2.42. The monoisotopic (exact) mass is 426 g/mol. The van der Waals surface area contributed by atoms with Crippen molar-refractivity contribution in [1.29, 1.82) is 0 Å². The average molecular weight is 427 g/mol. The first-order valence-corrected chi connectivity index (χ1v) is 11.7. The Morgan fingerprint density at radius 1 is 1.00 bits per heavy atom. The Hall–Kier alpha value is -1.21. The Bertz CT molecular complexity index is 584. The van der Waals surface area contributed by atoms with Crippen molar-refractivity contribution in [2.75, 3.05) is 26.8 Å². The van der Waals surface area contributed by atoms with Crippen molar-refractivity contribution < 1.29 is 23.8 Å². The van der Waals surface area contributed by atoms with E-state index in [2.05, 4.69) is 0 Å². The molecule has 2 amide bonds. The van der Waals surface area contributed by atoms with Gasteiger partial charge >= 0.3 is 0 Å². The molecule has 3 aliphatic rings. The zero-order valence-electron chi connectivity index (χ0n) is 18.8. The SMILES string of the molecule is COC1CCC(C(=O)N2C[C@@H](C)N(C(=O)C3CCC(CCO)CC3)[C@H](C)C2)C(F)C1. The van der Waals surface area contributed by atoms with E-state index in [-0.39, 0.29) is 48.9 Å². The Morgan fingerprint density at radius 2 is 1.63 bits per heavy atom. The number of amides is 2. The number of aliphatic hydroxyl groups is 1. The molecule has 1 heterocycles. The maximum atomic E-state index is 14.6. The van der Waals surface area contributed by atoms with Crippen molar-refractivity contribution in [3.63, 3.8) is 0 Å². The second-order valence-corrected chi connectivity index (χ2v) is 9.71. The molecule has 3 unspecified atom stereocenters. The summed E-state index contributed by atoms with van der Waals surface area (Å²) in [6.07, 6.45) is 4.88. The van der Waals surface area contributed by atoms with Crippen molar-refractivity contribution in [2.45, 2.75) is 89.6 Å². The summed E-state index contributed by atoms with van der Waals surface area (Å²) < 4.78 is 19.9. The van der Waals surface area contributed by atoms with E-state index in [0.29, 0.717) is 25.4 Å². The van der Waals surface area contributed by atoms with Crippen LogP contribution in [0, 0.1) is 17.8 Å². The van der Waals surface area contributed by atoms with Gasteiger partial charge in [-0.2, -0.15) is 0 Å². The summed E-state index contributed by atoms with van der Waals surface area (Å²) in [5, 5.41) is 9.14. The minimum absolute atomic E-state index is 0.0478. The number of halogens is 1. The number of rotatable bonds is 5. The number of carbonyl (C=O) groups is 2. The molecule has 30 heavy (non-hydrogen) atoms. The molecular weight excluding hydrogens is 387 g/mol. The quantitative estimate of drug-likeness (QED) is 0.734. The number of hydrogen-bond donors (Lipinski definition) is 1. The lowest BCUT2D eigenvalue weighted by atomic mass is 9.79. The van der Waals surface area contributed by atoms with Gasteiger partial charge in [-0.25, -0.2) is 4.39 Å². The highest BCUT2D eigenvalue weighted by Crippen LogP contribution is 2.34. The zero-order valence-corrected chi connectivity index (χ0v) is 18.8. The summed E-state index contributed by atoms with van der Waals surface area (Å²) in [4.78, 5) is 30.0. The predicted molar refractivity (Wildman–Crippen MR) is 113 cm³/mol. The Balaban J connectivity index is 1.56. The third kappa shape index (κ3) is 5.16. The minimum atomic E-state index is -1.16. The lowest BCUT2D eigenvalue weighted by Crippen LogP contribution is -2.62. The van der Waals surface area contributed by atoms with Crippen LogP contribution in [0.15, 0.2) is 0 Å². The topological polar surface area (TPSA) is 70.1 Å². The first-order valence-electron chi connectivity index (χ1n) is 11.7. The summed E-state index contributed by atoms with van der Waals surface area (Å²) in [7, 11) is 1.60. The second-order valence-electron chi connectivity index (χ2n) is 9.71. The largest absolute Gasteiger partial charge is 0.396 e. The highest BCUT2D eigenvalue weighted by molar-refractivity contribution is 5.82. The molecule has 6 nitrogen and oxygen atoms in total. The number of methoxy groups -OCH3 is 1. The van der Waals surface area contributed by atoms with Crippen LogP contribution in [0.4, 0.5) is 4.39 Å². The fraction of sp³-hybridized carbons (Fsp3) is 0.913. The molecule has 1 saturated heterocycles. The van der Waals surface area contributed by atoms with Crippen LogP contribution in [0.2, 0.25) is 0 Å². The van der Waals surface area contributed by atoms with Gasteiger partial charge < -0.3 is 19.6 Å². The van der Waals surface area contributed by atoms with E-state index in [1.165, 1.54) is 0 Å². The lowest BCUT2D eigenvalue weighted by Gasteiger charge is -2.47. The van der Waals surface area contributed by atoms with Crippen molar-refractivity contribution in [3.8, 4) is 0 Å². The molecule has 172 valence electrons. The molecule has 2 saturated carbocycles. The molecule has 0 aromatic rings. The first-order chi connectivity index (χ1) is 14.3. The molecule has 1 aliphatic heterocycles. The molecule has 1 N–H and O–H groups in total. The van der Waals surface area contributed by atoms with Gasteiger partial charge in [0.25, 0.3) is 0 Å². The predicted octanol–water partition coefficient (Wildman–Crippen LogP) is 2.78. The van der Waals surface area contributed by atoms with Gasteiger partial charge in [0.05, 0.1) is 12.0 Å². The normalized spacial score (nSPS) is 37.8. The molecule has 0 spiro atoms. The van der Waals surface area contributed by atoms with Crippen LogP contribution >= 0.6 is 0 Å². The zero-order chi connectivity index (χ0) is 21.8. The number of ether oxygens (including phenoxy) is 1. The van der Waals surface area contributed by atoms with Gasteiger partial charge in [-0.1, -0.05) is 0 Å². The molecular formula is C23H39FN2O4. The summed E-state index contributed by atoms with van der Waals surface area (Å²) in [5.41, 5.74) is 0. The molecule has 0 radical (unpaired) electrons. The summed E-state index contributed by atoms with van der Waals surface area (Å²) in [6.45, 7) is 5.18. The van der Waals surface area contributed by atoms with Gasteiger partial charge in [-0.05, 0) is 64.7 Å². The van der Waals surface area contributed by atoms with Gasteiger partial charge in [-0.3, -0.25) is 9.59 Å². The number of hydrogen-bond acceptors (Lipinski definition) is 4. The molecule has 7 heteroatoms. The van der Waals surface area contributed by atoms with Crippen molar-refractivity contribution >= 4 is 11.8 Å². The summed E-state index contributed by atoms with van der Waals surface area (Å²) in [5.74, 6) is 0.0950. The lowest BCUT2D eigenvalue weighted by molar-refractivity contribution is -0.154. The van der Waals surface area contributed by atoms with E-state index in [1.54, 1.807) is 12.0 Å². The highest BCUT2D eigenvalue weighted by atomic mass is 19.1. The molecule has 0 bridgehead atoms. The van der Waals surface area contributed by atoms with Crippen LogP contribution in [0.1, 0.15) is 65.2 Å². The van der Waals surface area contributed by atoms with Gasteiger partial charge in [0, 0.05) is 51.2 Å². The fourth-order valence-corrected chi connectivity index (χ4v) is 5.83. The van der Waals surface area contributed by atoms with Gasteiger partial charge in [0.2, 0.25) is 11.8 Å². The van der Waals surface area contributed by atoms with Gasteiger partial charge in [0.1, 0.15) is 6.17 Å². The van der Waals surface area contributed by atoms with Crippen LogP contribution in [0.25, 0.3) is 0 Å². The van der Waals surface area contributed by atoms with Crippen LogP contribution < -0.4 is 0 Å². The van der Waals surface area contributed by atoms with Crippen molar-refractivity contribution in [1.82, 2.24) is 9.80 Å². The molecule has 0 aromatic carbocycles. The van der Waals surface area contributed by atoms with Crippen molar-refractivity contribution in [2.24, 2.45) is 17.8 Å². The van der Waals surface area contributed by atoms with Crippen LogP contribution in [-0.2, 0) is 14.3 Å². The smallest absolute Gasteiger partial charge is 0.228 e. The number of aliphatic hydroxyl groups excluding tert-OH is 1. The molecule has 3 rings (SSSR count). The molecule has 0 aromatic heterocycles.